The minimum atomic E-state index is 0.307. The van der Waals surface area contributed by atoms with Crippen molar-refractivity contribution in [3.05, 3.63) is 35.9 Å². The third kappa shape index (κ3) is 2.58. The molecule has 2 rings (SSSR count). The lowest BCUT2D eigenvalue weighted by Gasteiger charge is -2.20. The molecule has 80 valence electrons. The van der Waals surface area contributed by atoms with E-state index in [1.54, 1.807) is 0 Å². The Labute approximate surface area is 91.0 Å². The molecule has 0 bridgehead atoms. The van der Waals surface area contributed by atoms with E-state index >= 15 is 0 Å². The zero-order chi connectivity index (χ0) is 10.5. The van der Waals surface area contributed by atoms with Gasteiger partial charge in [0.05, 0.1) is 12.6 Å². The Balaban J connectivity index is 2.13. The molecule has 0 amide bonds. The third-order valence-electron chi connectivity index (χ3n) is 2.66. The summed E-state index contributed by atoms with van der Waals surface area (Å²) in [5, 5.41) is 0. The molecular weight excluding hydrogens is 186 g/mol. The van der Waals surface area contributed by atoms with E-state index in [0.717, 1.165) is 25.3 Å². The van der Waals surface area contributed by atoms with Gasteiger partial charge in [-0.2, -0.15) is 0 Å². The van der Waals surface area contributed by atoms with E-state index in [4.69, 9.17) is 4.74 Å². The molecule has 2 heteroatoms. The fourth-order valence-electron chi connectivity index (χ4n) is 1.94. The number of ether oxygens (including phenoxy) is 1. The summed E-state index contributed by atoms with van der Waals surface area (Å²) in [6, 6.07) is 10.8. The van der Waals surface area contributed by atoms with Gasteiger partial charge in [0.1, 0.15) is 0 Å². The molecule has 2 nitrogen and oxygen atoms in total. The van der Waals surface area contributed by atoms with Crippen molar-refractivity contribution in [3.8, 4) is 0 Å². The van der Waals surface area contributed by atoms with Crippen molar-refractivity contribution in [2.75, 3.05) is 6.61 Å². The second-order valence-electron chi connectivity index (χ2n) is 3.77. The SMILES string of the molecule is CCOC1=NC(c2ccccc2)CCC1. The van der Waals surface area contributed by atoms with Crippen LogP contribution in [-0.2, 0) is 4.74 Å². The second kappa shape index (κ2) is 4.96. The van der Waals surface area contributed by atoms with Crippen LogP contribution in [0.3, 0.4) is 0 Å². The lowest BCUT2D eigenvalue weighted by molar-refractivity contribution is 0.304. The maximum absolute atomic E-state index is 5.48. The minimum Gasteiger partial charge on any atom is -0.481 e. The molecule has 0 radical (unpaired) electrons. The first kappa shape index (κ1) is 10.2. The maximum Gasteiger partial charge on any atom is 0.183 e. The minimum absolute atomic E-state index is 0.307. The van der Waals surface area contributed by atoms with E-state index in [1.165, 1.54) is 12.0 Å². The van der Waals surface area contributed by atoms with Crippen LogP contribution < -0.4 is 0 Å². The Kier molecular flexibility index (Phi) is 3.38. The number of benzene rings is 1. The van der Waals surface area contributed by atoms with E-state index in [-0.39, 0.29) is 0 Å². The summed E-state index contributed by atoms with van der Waals surface area (Å²) in [4.78, 5) is 4.64. The average Bonchev–Trinajstić information content (AvgIpc) is 2.31. The molecule has 1 unspecified atom stereocenters. The smallest absolute Gasteiger partial charge is 0.183 e. The molecule has 0 saturated heterocycles. The Morgan fingerprint density at radius 2 is 2.13 bits per heavy atom. The molecule has 0 N–H and O–H groups in total. The highest BCUT2D eigenvalue weighted by Gasteiger charge is 2.16. The molecule has 1 atom stereocenters. The quantitative estimate of drug-likeness (QED) is 0.722. The van der Waals surface area contributed by atoms with Crippen LogP contribution in [0, 0.1) is 0 Å². The van der Waals surface area contributed by atoms with Gasteiger partial charge in [-0.15, -0.1) is 0 Å². The maximum atomic E-state index is 5.48. The molecule has 0 aliphatic carbocycles. The lowest BCUT2D eigenvalue weighted by atomic mass is 9.99. The Morgan fingerprint density at radius 3 is 2.87 bits per heavy atom. The van der Waals surface area contributed by atoms with Crippen LogP contribution in [0.5, 0.6) is 0 Å². The molecule has 0 aromatic heterocycles. The van der Waals surface area contributed by atoms with Crippen molar-refractivity contribution < 1.29 is 4.74 Å². The number of hydrogen-bond donors (Lipinski definition) is 0. The summed E-state index contributed by atoms with van der Waals surface area (Å²) in [7, 11) is 0. The van der Waals surface area contributed by atoms with Gasteiger partial charge in [0.25, 0.3) is 0 Å². The van der Waals surface area contributed by atoms with Gasteiger partial charge in [-0.05, 0) is 25.3 Å². The summed E-state index contributed by atoms with van der Waals surface area (Å²) in [6.45, 7) is 2.73. The first-order chi connectivity index (χ1) is 7.40. The van der Waals surface area contributed by atoms with Crippen molar-refractivity contribution in [3.63, 3.8) is 0 Å². The van der Waals surface area contributed by atoms with E-state index in [0.29, 0.717) is 6.04 Å². The van der Waals surface area contributed by atoms with E-state index in [1.807, 2.05) is 13.0 Å². The summed E-state index contributed by atoms with van der Waals surface area (Å²) in [5.74, 6) is 0.928. The summed E-state index contributed by atoms with van der Waals surface area (Å²) in [5.41, 5.74) is 1.30. The molecule has 0 saturated carbocycles. The predicted octanol–water partition coefficient (Wildman–Crippen LogP) is 3.35. The van der Waals surface area contributed by atoms with Crippen LogP contribution in [0.1, 0.15) is 37.8 Å². The highest BCUT2D eigenvalue weighted by Crippen LogP contribution is 2.27. The zero-order valence-corrected chi connectivity index (χ0v) is 9.15. The molecular formula is C13H17NO. The standard InChI is InChI=1S/C13H17NO/c1-2-15-13-10-6-9-12(14-13)11-7-4-3-5-8-11/h3-5,7-8,12H,2,6,9-10H2,1H3. The van der Waals surface area contributed by atoms with E-state index < -0.39 is 0 Å². The molecule has 0 spiro atoms. The van der Waals surface area contributed by atoms with Crippen molar-refractivity contribution in [1.82, 2.24) is 0 Å². The molecule has 1 heterocycles. The van der Waals surface area contributed by atoms with Crippen molar-refractivity contribution in [2.24, 2.45) is 4.99 Å². The zero-order valence-electron chi connectivity index (χ0n) is 9.15. The monoisotopic (exact) mass is 203 g/mol. The third-order valence-corrected chi connectivity index (χ3v) is 2.66. The van der Waals surface area contributed by atoms with Gasteiger partial charge in [0.2, 0.25) is 0 Å². The summed E-state index contributed by atoms with van der Waals surface area (Å²) < 4.78 is 5.48. The number of rotatable bonds is 2. The molecule has 1 aromatic carbocycles. The molecule has 1 aliphatic heterocycles. The predicted molar refractivity (Wildman–Crippen MR) is 62.1 cm³/mol. The van der Waals surface area contributed by atoms with Crippen LogP contribution >= 0.6 is 0 Å². The second-order valence-corrected chi connectivity index (χ2v) is 3.77. The van der Waals surface area contributed by atoms with Crippen LogP contribution in [0.2, 0.25) is 0 Å². The van der Waals surface area contributed by atoms with Gasteiger partial charge in [0, 0.05) is 6.42 Å². The largest absolute Gasteiger partial charge is 0.481 e. The number of aliphatic imine (C=N–C) groups is 1. The van der Waals surface area contributed by atoms with Gasteiger partial charge in [-0.1, -0.05) is 30.3 Å². The van der Waals surface area contributed by atoms with Gasteiger partial charge < -0.3 is 4.74 Å². The van der Waals surface area contributed by atoms with Crippen LogP contribution in [-0.4, -0.2) is 12.5 Å². The van der Waals surface area contributed by atoms with Crippen LogP contribution in [0.4, 0.5) is 0 Å². The first-order valence-corrected chi connectivity index (χ1v) is 5.64. The Morgan fingerprint density at radius 1 is 1.33 bits per heavy atom. The number of hydrogen-bond acceptors (Lipinski definition) is 2. The molecule has 1 aromatic rings. The highest BCUT2D eigenvalue weighted by molar-refractivity contribution is 5.77. The molecule has 1 aliphatic rings. The van der Waals surface area contributed by atoms with E-state index in [9.17, 15) is 0 Å². The lowest BCUT2D eigenvalue weighted by Crippen LogP contribution is -2.13. The fraction of sp³-hybridized carbons (Fsp3) is 0.462. The van der Waals surface area contributed by atoms with Crippen molar-refractivity contribution >= 4 is 5.90 Å². The van der Waals surface area contributed by atoms with Crippen LogP contribution in [0.25, 0.3) is 0 Å². The van der Waals surface area contributed by atoms with Crippen molar-refractivity contribution in [1.29, 1.82) is 0 Å². The topological polar surface area (TPSA) is 21.6 Å². The molecule has 0 fully saturated rings. The highest BCUT2D eigenvalue weighted by atomic mass is 16.5. The van der Waals surface area contributed by atoms with Crippen molar-refractivity contribution in [2.45, 2.75) is 32.2 Å². The molecule has 15 heavy (non-hydrogen) atoms. The van der Waals surface area contributed by atoms with Gasteiger partial charge in [0.15, 0.2) is 5.90 Å². The van der Waals surface area contributed by atoms with Crippen LogP contribution in [0.15, 0.2) is 35.3 Å². The fourth-order valence-corrected chi connectivity index (χ4v) is 1.94. The number of nitrogens with zero attached hydrogens (tertiary/aromatic N) is 1. The van der Waals surface area contributed by atoms with Gasteiger partial charge in [-0.3, -0.25) is 0 Å². The van der Waals surface area contributed by atoms with Gasteiger partial charge >= 0.3 is 0 Å². The van der Waals surface area contributed by atoms with E-state index in [2.05, 4.69) is 29.3 Å². The summed E-state index contributed by atoms with van der Waals surface area (Å²) in [6.07, 6.45) is 3.32. The van der Waals surface area contributed by atoms with Gasteiger partial charge in [-0.25, -0.2) is 4.99 Å². The normalized spacial score (nSPS) is 20.9. The Bertz CT molecular complexity index is 332. The average molecular weight is 203 g/mol. The first-order valence-electron chi connectivity index (χ1n) is 5.64. The Hall–Kier alpha value is -1.31. The summed E-state index contributed by atoms with van der Waals surface area (Å²) >= 11 is 0.